The number of nitrogens with zero attached hydrogens (tertiary/aromatic N) is 1. The molecule has 0 saturated carbocycles. The molecule has 0 unspecified atom stereocenters. The predicted molar refractivity (Wildman–Crippen MR) is 62.9 cm³/mol. The summed E-state index contributed by atoms with van der Waals surface area (Å²) in [6, 6.07) is 0. The van der Waals surface area contributed by atoms with Gasteiger partial charge in [-0.2, -0.15) is 0 Å². The van der Waals surface area contributed by atoms with Crippen LogP contribution >= 0.6 is 0 Å². The second kappa shape index (κ2) is 5.29. The Kier molecular flexibility index (Phi) is 3.75. The Morgan fingerprint density at radius 3 is 2.87 bits per heavy atom. The highest BCUT2D eigenvalue weighted by Gasteiger charge is 2.10. The zero-order valence-electron chi connectivity index (χ0n) is 9.41. The summed E-state index contributed by atoms with van der Waals surface area (Å²) in [7, 11) is 0. The van der Waals surface area contributed by atoms with Crippen molar-refractivity contribution in [3.8, 4) is 0 Å². The van der Waals surface area contributed by atoms with E-state index in [2.05, 4.69) is 36.1 Å². The standard InChI is InChI=1S/C13H19NO/c1-12-3-2-4-13(6-5-12)11-14-7-9-15-10-8-14/h2,4-6H,3,7-11H2,1H3. The first-order valence-electron chi connectivity index (χ1n) is 5.67. The van der Waals surface area contributed by atoms with Crippen molar-refractivity contribution in [2.24, 2.45) is 0 Å². The van der Waals surface area contributed by atoms with Crippen LogP contribution < -0.4 is 0 Å². The SMILES string of the molecule is CC1=CC=C(CN2CCOCC2)C=CC1. The van der Waals surface area contributed by atoms with Crippen molar-refractivity contribution < 1.29 is 4.74 Å². The highest BCUT2D eigenvalue weighted by atomic mass is 16.5. The Bertz CT molecular complexity index is 296. The van der Waals surface area contributed by atoms with Crippen molar-refractivity contribution in [3.63, 3.8) is 0 Å². The lowest BCUT2D eigenvalue weighted by Crippen LogP contribution is -2.37. The van der Waals surface area contributed by atoms with E-state index in [9.17, 15) is 0 Å². The van der Waals surface area contributed by atoms with E-state index in [0.717, 1.165) is 39.3 Å². The van der Waals surface area contributed by atoms with E-state index in [1.54, 1.807) is 0 Å². The Balaban J connectivity index is 1.92. The Morgan fingerprint density at radius 2 is 2.07 bits per heavy atom. The molecule has 1 fully saturated rings. The molecular formula is C13H19NO. The highest BCUT2D eigenvalue weighted by Crippen LogP contribution is 2.12. The van der Waals surface area contributed by atoms with Crippen LogP contribution in [0.2, 0.25) is 0 Å². The summed E-state index contributed by atoms with van der Waals surface area (Å²) in [4.78, 5) is 2.45. The smallest absolute Gasteiger partial charge is 0.0594 e. The third-order valence-corrected chi connectivity index (χ3v) is 2.86. The monoisotopic (exact) mass is 205 g/mol. The van der Waals surface area contributed by atoms with E-state index in [-0.39, 0.29) is 0 Å². The van der Waals surface area contributed by atoms with Crippen molar-refractivity contribution in [2.45, 2.75) is 13.3 Å². The summed E-state index contributed by atoms with van der Waals surface area (Å²) >= 11 is 0. The molecule has 1 heterocycles. The van der Waals surface area contributed by atoms with Crippen molar-refractivity contribution in [1.29, 1.82) is 0 Å². The van der Waals surface area contributed by atoms with Crippen LogP contribution in [0, 0.1) is 0 Å². The van der Waals surface area contributed by atoms with Crippen LogP contribution in [0.5, 0.6) is 0 Å². The lowest BCUT2D eigenvalue weighted by atomic mass is 10.2. The van der Waals surface area contributed by atoms with Crippen molar-refractivity contribution in [1.82, 2.24) is 4.90 Å². The van der Waals surface area contributed by atoms with Gasteiger partial charge < -0.3 is 4.74 Å². The average molecular weight is 205 g/mol. The summed E-state index contributed by atoms with van der Waals surface area (Å²) in [5.41, 5.74) is 2.84. The van der Waals surface area contributed by atoms with Crippen LogP contribution in [0.3, 0.4) is 0 Å². The fraction of sp³-hybridized carbons (Fsp3) is 0.538. The molecule has 1 aliphatic heterocycles. The number of ether oxygens (including phenoxy) is 1. The quantitative estimate of drug-likeness (QED) is 0.685. The number of morpholine rings is 1. The van der Waals surface area contributed by atoms with Gasteiger partial charge in [0.1, 0.15) is 0 Å². The number of allylic oxidation sites excluding steroid dienone is 4. The van der Waals surface area contributed by atoms with Crippen molar-refractivity contribution in [2.75, 3.05) is 32.8 Å². The molecule has 2 nitrogen and oxygen atoms in total. The molecule has 0 amide bonds. The molecule has 0 bridgehead atoms. The second-order valence-corrected chi connectivity index (χ2v) is 4.25. The maximum absolute atomic E-state index is 5.34. The summed E-state index contributed by atoms with van der Waals surface area (Å²) in [5, 5.41) is 0. The molecule has 15 heavy (non-hydrogen) atoms. The van der Waals surface area contributed by atoms with E-state index >= 15 is 0 Å². The molecule has 0 radical (unpaired) electrons. The zero-order valence-corrected chi connectivity index (χ0v) is 9.41. The summed E-state index contributed by atoms with van der Waals surface area (Å²) in [6.45, 7) is 7.13. The lowest BCUT2D eigenvalue weighted by Gasteiger charge is -2.26. The summed E-state index contributed by atoms with van der Waals surface area (Å²) in [6.07, 6.45) is 10.1. The van der Waals surface area contributed by atoms with Crippen LogP contribution in [-0.2, 0) is 4.74 Å². The van der Waals surface area contributed by atoms with Gasteiger partial charge in [-0.3, -0.25) is 4.90 Å². The van der Waals surface area contributed by atoms with Crippen LogP contribution in [-0.4, -0.2) is 37.7 Å². The third kappa shape index (κ3) is 3.33. The van der Waals surface area contributed by atoms with Gasteiger partial charge in [0, 0.05) is 19.6 Å². The Morgan fingerprint density at radius 1 is 1.27 bits per heavy atom. The van der Waals surface area contributed by atoms with Crippen LogP contribution in [0.1, 0.15) is 13.3 Å². The molecule has 0 N–H and O–H groups in total. The molecule has 0 atom stereocenters. The zero-order chi connectivity index (χ0) is 10.5. The van der Waals surface area contributed by atoms with Crippen LogP contribution in [0.15, 0.2) is 35.5 Å². The largest absolute Gasteiger partial charge is 0.379 e. The van der Waals surface area contributed by atoms with Crippen molar-refractivity contribution >= 4 is 0 Å². The van der Waals surface area contributed by atoms with Crippen LogP contribution in [0.25, 0.3) is 0 Å². The molecule has 0 spiro atoms. The number of hydrogen-bond acceptors (Lipinski definition) is 2. The molecule has 1 saturated heterocycles. The van der Waals surface area contributed by atoms with Gasteiger partial charge in [-0.05, 0) is 18.9 Å². The van der Waals surface area contributed by atoms with E-state index in [4.69, 9.17) is 4.74 Å². The lowest BCUT2D eigenvalue weighted by molar-refractivity contribution is 0.0426. The van der Waals surface area contributed by atoms with Gasteiger partial charge in [0.2, 0.25) is 0 Å². The number of hydrogen-bond donors (Lipinski definition) is 0. The summed E-state index contributed by atoms with van der Waals surface area (Å²) in [5.74, 6) is 0. The van der Waals surface area contributed by atoms with E-state index in [1.165, 1.54) is 11.1 Å². The molecule has 2 rings (SSSR count). The fourth-order valence-electron chi connectivity index (χ4n) is 1.89. The van der Waals surface area contributed by atoms with Gasteiger partial charge in [0.15, 0.2) is 0 Å². The molecule has 0 aromatic rings. The van der Waals surface area contributed by atoms with Gasteiger partial charge in [0.25, 0.3) is 0 Å². The maximum Gasteiger partial charge on any atom is 0.0594 e. The highest BCUT2D eigenvalue weighted by molar-refractivity contribution is 5.31. The molecule has 0 aromatic carbocycles. The second-order valence-electron chi connectivity index (χ2n) is 4.25. The molecule has 2 aliphatic rings. The first kappa shape index (κ1) is 10.7. The van der Waals surface area contributed by atoms with E-state index < -0.39 is 0 Å². The molecule has 82 valence electrons. The minimum atomic E-state index is 0.881. The molecule has 0 aromatic heterocycles. The summed E-state index contributed by atoms with van der Waals surface area (Å²) < 4.78 is 5.34. The Hall–Kier alpha value is -0.860. The molecular weight excluding hydrogens is 186 g/mol. The fourth-order valence-corrected chi connectivity index (χ4v) is 1.89. The minimum Gasteiger partial charge on any atom is -0.379 e. The first-order chi connectivity index (χ1) is 7.34. The van der Waals surface area contributed by atoms with Crippen LogP contribution in [0.4, 0.5) is 0 Å². The maximum atomic E-state index is 5.34. The minimum absolute atomic E-state index is 0.881. The topological polar surface area (TPSA) is 12.5 Å². The third-order valence-electron chi connectivity index (χ3n) is 2.86. The predicted octanol–water partition coefficient (Wildman–Crippen LogP) is 2.15. The molecule has 1 aliphatic carbocycles. The van der Waals surface area contributed by atoms with Gasteiger partial charge in [-0.1, -0.05) is 29.9 Å². The van der Waals surface area contributed by atoms with Gasteiger partial charge in [0.05, 0.1) is 13.2 Å². The van der Waals surface area contributed by atoms with E-state index in [1.807, 2.05) is 0 Å². The average Bonchev–Trinajstić information content (AvgIpc) is 2.46. The number of rotatable bonds is 2. The van der Waals surface area contributed by atoms with Gasteiger partial charge in [-0.15, -0.1) is 0 Å². The van der Waals surface area contributed by atoms with E-state index in [0.29, 0.717) is 0 Å². The van der Waals surface area contributed by atoms with Gasteiger partial charge in [-0.25, -0.2) is 0 Å². The van der Waals surface area contributed by atoms with Crippen molar-refractivity contribution in [3.05, 3.63) is 35.5 Å². The molecule has 2 heteroatoms. The van der Waals surface area contributed by atoms with Gasteiger partial charge >= 0.3 is 0 Å². The Labute approximate surface area is 91.9 Å². The first-order valence-corrected chi connectivity index (χ1v) is 5.67. The normalized spacial score (nSPS) is 23.3.